The summed E-state index contributed by atoms with van der Waals surface area (Å²) in [7, 11) is -7.80. The van der Waals surface area contributed by atoms with Gasteiger partial charge >= 0.3 is 13.2 Å². The van der Waals surface area contributed by atoms with Gasteiger partial charge in [-0.2, -0.15) is 0 Å². The zero-order valence-electron chi connectivity index (χ0n) is 79.9. The van der Waals surface area contributed by atoms with E-state index in [0.717, 1.165) is 150 Å². The average Bonchev–Trinajstić information content (AvgIpc) is 1.66. The molecule has 42 heteroatoms. The second kappa shape index (κ2) is 51.6. The molecule has 0 atom stereocenters. The van der Waals surface area contributed by atoms with Crippen molar-refractivity contribution < 1.29 is 44.8 Å². The number of anilines is 4. The molecule has 738 valence electrons. The topological polar surface area (TPSA) is 466 Å². The van der Waals surface area contributed by atoms with E-state index < -0.39 is 42.5 Å². The molecule has 141 heavy (non-hydrogen) atoms. The maximum atomic E-state index is 13.1. The summed E-state index contributed by atoms with van der Waals surface area (Å²) in [6.07, 6.45) is 20.7. The number of amides is 1. The van der Waals surface area contributed by atoms with Gasteiger partial charge < -0.3 is 45.5 Å². The summed E-state index contributed by atoms with van der Waals surface area (Å²) in [5.41, 5.74) is 35.7. The number of aromatic nitrogens is 16. The van der Waals surface area contributed by atoms with Crippen LogP contribution in [0.5, 0.6) is 0 Å². The third-order valence-electron chi connectivity index (χ3n) is 20.8. The first-order chi connectivity index (χ1) is 65.9. The Morgan fingerprint density at radius 2 is 1.04 bits per heavy atom. The molecule has 31 nitrogen and oxygen atoms in total. The maximum absolute atomic E-state index is 13.1. The molecule has 12 N–H and O–H groups in total. The van der Waals surface area contributed by atoms with Crippen LogP contribution in [0.15, 0.2) is 246 Å². The van der Waals surface area contributed by atoms with Gasteiger partial charge in [0, 0.05) is 195 Å². The van der Waals surface area contributed by atoms with Gasteiger partial charge in [-0.25, -0.2) is 101 Å². The summed E-state index contributed by atoms with van der Waals surface area (Å²) in [6.45, 7) is 32.4. The van der Waals surface area contributed by atoms with E-state index in [9.17, 15) is 26.0 Å². The van der Waals surface area contributed by atoms with Gasteiger partial charge in [0.1, 0.15) is 22.0 Å². The standard InChI is InChI=1S/C18H16N4O2S.C14H17N3O2.C13H15N3O.C11H9N3.C9H17BO2.C9H8BrN3.C9H7ClN2.C9H9N3.C7H7BrFNO2S.Br2.2ClH/c1-12-2-7-16-17-14(10-20-18(16)21-12)8-9-22(17)11-13-3-5-15(6-4-13)25(19,23)24;1-9-5-6-10-11(7-8-15-12(10)16-9)17-13(18)19-14(2,3)4;1-3-17-7-6-10-8-15-13-11(12(10)14)5-4-9(2)16-13;1-7-2-3-9-10-8(4-5-12-10)6-13-11(9)14-7;1-6-7-10-11-8(2,3)9(4,5)12-10;1-5-2-3-6-8(11)7(10)4-12-9(6)13-5;2*1-6-2-3-7-8(10)4-5-11-9(7)12-6;8-4-5-1-2-7(6(9)3-5)13(10,11)12;1-2;;/h2-10H,11H2,1H3,(H2,19,23,24);5-8H,1-4H3,(H,15,16,17,18);4-8H,3H2,1-2H3,(H2,14,15,16);2-6H,1H3,(H,13,14);6-7H,1-5H3;2-4H,1H3,(H2,11,12,13);2-5H,1H3;2-5H,1H3,(H2,10,11,12);1-3H,4H2,(H2,10,11,12);;2*1H/b;;7-6+;;7-6+;;;;;;;. The largest absolute Gasteiger partial charge is 0.501 e. The van der Waals surface area contributed by atoms with Gasteiger partial charge in [0.2, 0.25) is 20.0 Å². The number of hydrogen-bond donors (Lipinski definition) is 7. The lowest BCUT2D eigenvalue weighted by atomic mass is 9.90. The lowest BCUT2D eigenvalue weighted by Crippen LogP contribution is -2.41. The molecule has 1 aliphatic rings. The number of nitrogens with zero attached hydrogens (tertiary/aromatic N) is 15. The number of carbonyl (C=O) groups excluding carboxylic acids is 1. The summed E-state index contributed by atoms with van der Waals surface area (Å²) in [4.78, 5) is 74.4. The van der Waals surface area contributed by atoms with Crippen LogP contribution in [0.1, 0.15) is 119 Å². The Hall–Kier alpha value is -12.1. The maximum Gasteiger partial charge on any atom is 0.486 e. The van der Waals surface area contributed by atoms with Crippen molar-refractivity contribution in [3.63, 3.8) is 0 Å². The first kappa shape index (κ1) is 114. The van der Waals surface area contributed by atoms with Crippen LogP contribution in [0.4, 0.5) is 31.9 Å². The van der Waals surface area contributed by atoms with Crippen molar-refractivity contribution in [2.75, 3.05) is 29.1 Å². The number of nitrogen functional groups attached to an aromatic ring is 3. The fourth-order valence-corrected chi connectivity index (χ4v) is 15.2. The Balaban J connectivity index is 0.000000196. The van der Waals surface area contributed by atoms with Crippen molar-refractivity contribution in [1.82, 2.24) is 79.3 Å². The Kier molecular flexibility index (Phi) is 41.7. The van der Waals surface area contributed by atoms with Gasteiger partial charge in [0.15, 0.2) is 33.9 Å². The molecule has 19 rings (SSSR count). The molecule has 1 amide bonds. The molecular formula is C99H107BBr4Cl3FN22O9S2. The number of allylic oxidation sites excluding steroid dienone is 1. The number of fused-ring (bicyclic) bond motifs is 11. The minimum atomic E-state index is -3.95. The van der Waals surface area contributed by atoms with E-state index in [-0.39, 0.29) is 48.0 Å². The number of benzene rings is 2. The van der Waals surface area contributed by atoms with Crippen molar-refractivity contribution >= 4 is 258 Å². The predicted octanol–water partition coefficient (Wildman–Crippen LogP) is 23.3. The number of rotatable bonds is 10. The fraction of sp³-hybridized carbons (Fsp3) is 0.222. The van der Waals surface area contributed by atoms with Gasteiger partial charge in [0.25, 0.3) is 0 Å². The lowest BCUT2D eigenvalue weighted by Gasteiger charge is -2.32. The van der Waals surface area contributed by atoms with E-state index in [4.69, 9.17) is 57.9 Å². The van der Waals surface area contributed by atoms with Gasteiger partial charge in [0.05, 0.1) is 66.6 Å². The van der Waals surface area contributed by atoms with Crippen molar-refractivity contribution in [2.45, 2.75) is 149 Å². The zero-order valence-corrected chi connectivity index (χ0v) is 90.3. The number of aryl methyl sites for hydroxylation is 7. The number of carbonyl (C=O) groups is 1. The quantitative estimate of drug-likeness (QED) is 0.0380. The number of alkyl halides is 1. The predicted molar refractivity (Wildman–Crippen MR) is 584 cm³/mol. The van der Waals surface area contributed by atoms with Gasteiger partial charge in [-0.3, -0.25) is 10.3 Å². The number of halogens is 8. The van der Waals surface area contributed by atoms with Crippen LogP contribution in [0.3, 0.4) is 0 Å². The molecule has 0 spiro atoms. The van der Waals surface area contributed by atoms with E-state index in [0.29, 0.717) is 68.7 Å². The Morgan fingerprint density at radius 3 is 1.58 bits per heavy atom. The number of pyridine rings is 14. The molecule has 2 aromatic carbocycles. The Labute approximate surface area is 866 Å². The lowest BCUT2D eigenvalue weighted by molar-refractivity contribution is 0.00578. The minimum absolute atomic E-state index is 0. The number of aromatic amines is 1. The molecule has 16 aromatic heterocycles. The van der Waals surface area contributed by atoms with Crippen LogP contribution in [0, 0.1) is 54.3 Å². The van der Waals surface area contributed by atoms with E-state index in [1.54, 1.807) is 67.6 Å². The summed E-state index contributed by atoms with van der Waals surface area (Å²) < 4.78 is 82.0. The molecule has 0 bridgehead atoms. The molecule has 0 saturated carbocycles. The van der Waals surface area contributed by atoms with Crippen molar-refractivity contribution in [3.05, 3.63) is 304 Å². The van der Waals surface area contributed by atoms with Crippen molar-refractivity contribution in [2.24, 2.45) is 10.3 Å². The van der Waals surface area contributed by atoms with Gasteiger partial charge in [-0.1, -0.05) is 57.8 Å². The van der Waals surface area contributed by atoms with Gasteiger partial charge in [-0.05, 0) is 283 Å². The highest BCUT2D eigenvalue weighted by Gasteiger charge is 2.50. The molecule has 1 fully saturated rings. The van der Waals surface area contributed by atoms with Crippen molar-refractivity contribution in [3.8, 4) is 0 Å². The summed E-state index contributed by atoms with van der Waals surface area (Å²) in [5.74, 6) is 1.11. The number of nitrogens with one attached hydrogen (secondary N) is 2. The van der Waals surface area contributed by atoms with E-state index >= 15 is 0 Å². The summed E-state index contributed by atoms with van der Waals surface area (Å²) in [6, 6.07) is 47.0. The van der Waals surface area contributed by atoms with Gasteiger partial charge in [-0.15, -0.1) is 24.8 Å². The first-order valence-electron chi connectivity index (χ1n) is 43.0. The summed E-state index contributed by atoms with van der Waals surface area (Å²) >= 11 is 17.9. The molecule has 1 saturated heterocycles. The number of H-pyrrole nitrogens is 1. The minimum Gasteiger partial charge on any atom is -0.501 e. The second-order valence-corrected chi connectivity index (χ2v) is 38.1. The molecule has 17 heterocycles. The van der Waals surface area contributed by atoms with Crippen LogP contribution in [-0.4, -0.2) is 133 Å². The SMILES string of the molecule is BrBr.C/C=C/B1OC(C)(C)C(C)(C)O1.CCO/C=C/c1cnc2nc(C)ccc2c1N.Cc1ccc2c(Cl)ccnc2n1.Cc1ccc2c(N)c(Br)cnc2n1.Cc1ccc2c(N)ccnc2n1.Cc1ccc2c(NC(=O)OC(C)(C)C)ccnc2n1.Cc1ccc2c(ncc3ccn(Cc4ccc(S(N)(=O)=O)cc4)c32)n1.Cc1ccc2c(ncc3ccnc32)[nH]1.Cl.Cl.NS(=O)(=O)c1ccc(CBr)cc1F. The molecule has 18 aromatic rings. The Morgan fingerprint density at radius 1 is 0.560 bits per heavy atom. The normalized spacial score (nSPS) is 12.3. The molecule has 0 aliphatic carbocycles. The van der Waals surface area contributed by atoms with Crippen LogP contribution in [0.2, 0.25) is 5.02 Å². The molecule has 0 radical (unpaired) electrons. The monoisotopic (exact) mass is 2260 g/mol. The van der Waals surface area contributed by atoms with E-state index in [1.165, 1.54) is 18.2 Å². The Bertz CT molecular complexity index is 7640. The number of nitrogens with two attached hydrogens (primary N) is 5. The number of hydrogen-bond acceptors (Lipinski definition) is 26. The van der Waals surface area contributed by atoms with Crippen LogP contribution >= 0.6 is 96.5 Å². The molecular weight excluding hydrogens is 2160 g/mol. The van der Waals surface area contributed by atoms with Crippen molar-refractivity contribution in [1.29, 1.82) is 0 Å². The fourth-order valence-electron chi connectivity index (χ4n) is 13.2. The van der Waals surface area contributed by atoms with Crippen LogP contribution < -0.4 is 32.8 Å². The highest BCUT2D eigenvalue weighted by molar-refractivity contribution is 9.93. The van der Waals surface area contributed by atoms with Crippen LogP contribution in [0.25, 0.3) is 105 Å². The van der Waals surface area contributed by atoms with E-state index in [1.807, 2.05) is 217 Å². The number of sulfonamides is 2. The highest BCUT2D eigenvalue weighted by atomic mass is 80.9. The molecule has 0 unspecified atom stereocenters. The second-order valence-electron chi connectivity index (χ2n) is 33.2. The third kappa shape index (κ3) is 31.7. The average molecular weight is 2270 g/mol. The molecule has 1 aliphatic heterocycles. The highest BCUT2D eigenvalue weighted by Crippen LogP contribution is 2.38. The zero-order chi connectivity index (χ0) is 101. The first-order valence-corrected chi connectivity index (χ1v) is 52.1. The number of ether oxygens (including phenoxy) is 2. The van der Waals surface area contributed by atoms with Crippen LogP contribution in [-0.2, 0) is 50.7 Å². The number of primary sulfonamides is 2. The smallest absolute Gasteiger partial charge is 0.486 e. The third-order valence-corrected chi connectivity index (χ3v) is 24.3. The summed E-state index contributed by atoms with van der Waals surface area (Å²) in [5, 5.41) is 22.4. The van der Waals surface area contributed by atoms with E-state index in [2.05, 4.69) is 179 Å².